The fourth-order valence-electron chi connectivity index (χ4n) is 3.29. The molecule has 0 N–H and O–H groups in total. The lowest BCUT2D eigenvalue weighted by atomic mass is 9.90. The first kappa shape index (κ1) is 16.9. The standard InChI is InChI=1S/C19H20N4O2/c1-13-17(8-5-11-23(13)14(2)24)19-22-21-18(25-19)10-9-15-6-3-4-7-16(15)12-20/h3-4,6-7,9-10,13,17H,5,8,11H2,1-2H3/t13-,17-/m0/s1. The van der Waals surface area contributed by atoms with Crippen molar-refractivity contribution in [1.82, 2.24) is 15.1 Å². The van der Waals surface area contributed by atoms with Crippen molar-refractivity contribution in [2.75, 3.05) is 6.54 Å². The highest BCUT2D eigenvalue weighted by molar-refractivity contribution is 5.73. The Balaban J connectivity index is 1.77. The van der Waals surface area contributed by atoms with Crippen molar-refractivity contribution in [1.29, 1.82) is 5.26 Å². The Labute approximate surface area is 146 Å². The van der Waals surface area contributed by atoms with Crippen LogP contribution < -0.4 is 0 Å². The molecule has 128 valence electrons. The molecule has 2 atom stereocenters. The fourth-order valence-corrected chi connectivity index (χ4v) is 3.29. The lowest BCUT2D eigenvalue weighted by molar-refractivity contribution is -0.132. The summed E-state index contributed by atoms with van der Waals surface area (Å²) >= 11 is 0. The smallest absolute Gasteiger partial charge is 0.240 e. The summed E-state index contributed by atoms with van der Waals surface area (Å²) in [6.45, 7) is 4.39. The topological polar surface area (TPSA) is 83.0 Å². The second-order valence-electron chi connectivity index (χ2n) is 6.21. The number of piperidine rings is 1. The summed E-state index contributed by atoms with van der Waals surface area (Å²) < 4.78 is 5.79. The van der Waals surface area contributed by atoms with Gasteiger partial charge in [0.05, 0.1) is 17.6 Å². The van der Waals surface area contributed by atoms with E-state index < -0.39 is 0 Å². The van der Waals surface area contributed by atoms with Crippen LogP contribution in [0.5, 0.6) is 0 Å². The van der Waals surface area contributed by atoms with Crippen molar-refractivity contribution in [3.05, 3.63) is 47.2 Å². The molecule has 1 aliphatic rings. The van der Waals surface area contributed by atoms with Crippen LogP contribution in [0.3, 0.4) is 0 Å². The van der Waals surface area contributed by atoms with Gasteiger partial charge in [-0.2, -0.15) is 5.26 Å². The number of nitrogens with zero attached hydrogens (tertiary/aromatic N) is 4. The zero-order valence-electron chi connectivity index (χ0n) is 14.3. The molecule has 1 aromatic heterocycles. The van der Waals surface area contributed by atoms with Crippen LogP contribution in [0.4, 0.5) is 0 Å². The van der Waals surface area contributed by atoms with Crippen LogP contribution in [-0.2, 0) is 4.79 Å². The van der Waals surface area contributed by atoms with Gasteiger partial charge in [-0.15, -0.1) is 10.2 Å². The van der Waals surface area contributed by atoms with Crippen molar-refractivity contribution < 1.29 is 9.21 Å². The van der Waals surface area contributed by atoms with Gasteiger partial charge in [-0.25, -0.2) is 0 Å². The van der Waals surface area contributed by atoms with Gasteiger partial charge in [0, 0.05) is 25.6 Å². The number of aromatic nitrogens is 2. The van der Waals surface area contributed by atoms with E-state index in [-0.39, 0.29) is 17.9 Å². The minimum absolute atomic E-state index is 0.0443. The highest BCUT2D eigenvalue weighted by Gasteiger charge is 2.33. The fraction of sp³-hybridized carbons (Fsp3) is 0.368. The molecule has 0 bridgehead atoms. The molecule has 1 aliphatic heterocycles. The van der Waals surface area contributed by atoms with Gasteiger partial charge in [-0.3, -0.25) is 4.79 Å². The molecule has 1 amide bonds. The van der Waals surface area contributed by atoms with Crippen LogP contribution in [0.15, 0.2) is 28.7 Å². The highest BCUT2D eigenvalue weighted by Crippen LogP contribution is 2.32. The SMILES string of the molecule is CC(=O)N1CCC[C@H](c2nnc(C=Cc3ccccc3C#N)o2)[C@@H]1C. The number of benzene rings is 1. The van der Waals surface area contributed by atoms with Gasteiger partial charge in [0.1, 0.15) is 0 Å². The second kappa shape index (κ2) is 7.31. The van der Waals surface area contributed by atoms with Crippen LogP contribution in [-0.4, -0.2) is 33.6 Å². The largest absolute Gasteiger partial charge is 0.421 e. The molecule has 0 spiro atoms. The quantitative estimate of drug-likeness (QED) is 0.859. The summed E-state index contributed by atoms with van der Waals surface area (Å²) in [4.78, 5) is 13.6. The molecule has 6 nitrogen and oxygen atoms in total. The summed E-state index contributed by atoms with van der Waals surface area (Å²) in [5, 5.41) is 17.4. The van der Waals surface area contributed by atoms with Crippen molar-refractivity contribution in [3.63, 3.8) is 0 Å². The Morgan fingerprint density at radius 3 is 2.92 bits per heavy atom. The first-order chi connectivity index (χ1) is 12.1. The van der Waals surface area contributed by atoms with Gasteiger partial charge in [-0.05, 0) is 37.5 Å². The minimum Gasteiger partial charge on any atom is -0.421 e. The van der Waals surface area contributed by atoms with E-state index in [1.807, 2.05) is 30.0 Å². The minimum atomic E-state index is 0.0443. The van der Waals surface area contributed by atoms with Crippen LogP contribution >= 0.6 is 0 Å². The van der Waals surface area contributed by atoms with Gasteiger partial charge in [-0.1, -0.05) is 18.2 Å². The number of nitriles is 1. The van der Waals surface area contributed by atoms with Gasteiger partial charge in [0.15, 0.2) is 0 Å². The highest BCUT2D eigenvalue weighted by atomic mass is 16.4. The van der Waals surface area contributed by atoms with E-state index in [4.69, 9.17) is 9.68 Å². The number of hydrogen-bond acceptors (Lipinski definition) is 5. The summed E-state index contributed by atoms with van der Waals surface area (Å²) in [6.07, 6.45) is 5.36. The van der Waals surface area contributed by atoms with Crippen molar-refractivity contribution in [3.8, 4) is 6.07 Å². The number of rotatable bonds is 3. The summed E-state index contributed by atoms with van der Waals surface area (Å²) in [6, 6.07) is 9.52. The third-order valence-corrected chi connectivity index (χ3v) is 4.65. The van der Waals surface area contributed by atoms with Crippen LogP contribution in [0.25, 0.3) is 12.2 Å². The normalized spacial score (nSPS) is 20.6. The number of hydrogen-bond donors (Lipinski definition) is 0. The van der Waals surface area contributed by atoms with E-state index in [1.165, 1.54) is 0 Å². The number of amides is 1. The Morgan fingerprint density at radius 1 is 1.36 bits per heavy atom. The van der Waals surface area contributed by atoms with Crippen LogP contribution in [0, 0.1) is 11.3 Å². The molecule has 0 saturated carbocycles. The maximum atomic E-state index is 11.7. The summed E-state index contributed by atoms with van der Waals surface area (Å²) in [7, 11) is 0. The third-order valence-electron chi connectivity index (χ3n) is 4.65. The number of likely N-dealkylation sites (tertiary alicyclic amines) is 1. The Kier molecular flexibility index (Phi) is 4.94. The van der Waals surface area contributed by atoms with Gasteiger partial charge >= 0.3 is 0 Å². The molecular formula is C19H20N4O2. The maximum absolute atomic E-state index is 11.7. The molecule has 0 unspecified atom stereocenters. The zero-order valence-corrected chi connectivity index (χ0v) is 14.3. The summed E-state index contributed by atoms with van der Waals surface area (Å²) in [5.74, 6) is 1.09. The maximum Gasteiger partial charge on any atom is 0.240 e. The second-order valence-corrected chi connectivity index (χ2v) is 6.21. The van der Waals surface area contributed by atoms with Crippen molar-refractivity contribution in [2.45, 2.75) is 38.6 Å². The Hall–Kier alpha value is -2.94. The lowest BCUT2D eigenvalue weighted by Crippen LogP contribution is -2.44. The Morgan fingerprint density at radius 2 is 2.16 bits per heavy atom. The molecule has 2 aromatic rings. The molecule has 6 heteroatoms. The van der Waals surface area contributed by atoms with E-state index in [9.17, 15) is 4.79 Å². The van der Waals surface area contributed by atoms with E-state index in [1.54, 1.807) is 25.1 Å². The molecule has 0 aliphatic carbocycles. The molecule has 3 rings (SSSR count). The number of carbonyl (C=O) groups excluding carboxylic acids is 1. The lowest BCUT2D eigenvalue weighted by Gasteiger charge is -2.37. The van der Waals surface area contributed by atoms with Gasteiger partial charge < -0.3 is 9.32 Å². The van der Waals surface area contributed by atoms with Crippen molar-refractivity contribution in [2.24, 2.45) is 0 Å². The Bertz CT molecular complexity index is 834. The molecule has 1 fully saturated rings. The number of carbonyl (C=O) groups is 1. The van der Waals surface area contributed by atoms with Crippen LogP contribution in [0.1, 0.15) is 55.5 Å². The molecule has 25 heavy (non-hydrogen) atoms. The zero-order chi connectivity index (χ0) is 17.8. The predicted octanol–water partition coefficient (Wildman–Crippen LogP) is 3.23. The molecule has 0 radical (unpaired) electrons. The predicted molar refractivity (Wildman–Crippen MR) is 93.2 cm³/mol. The van der Waals surface area contributed by atoms with Crippen LogP contribution in [0.2, 0.25) is 0 Å². The first-order valence-electron chi connectivity index (χ1n) is 8.38. The third kappa shape index (κ3) is 3.61. The van der Waals surface area contributed by atoms with E-state index >= 15 is 0 Å². The van der Waals surface area contributed by atoms with Gasteiger partial charge in [0.25, 0.3) is 0 Å². The average molecular weight is 336 g/mol. The molecule has 2 heterocycles. The van der Waals surface area contributed by atoms with Crippen molar-refractivity contribution >= 4 is 18.1 Å². The monoisotopic (exact) mass is 336 g/mol. The van der Waals surface area contributed by atoms with E-state index in [0.29, 0.717) is 17.3 Å². The summed E-state index contributed by atoms with van der Waals surface area (Å²) in [5.41, 5.74) is 1.40. The molecule has 1 aromatic carbocycles. The van der Waals surface area contributed by atoms with Gasteiger partial charge in [0.2, 0.25) is 17.7 Å². The average Bonchev–Trinajstić information content (AvgIpc) is 3.09. The molecule has 1 saturated heterocycles. The molecular weight excluding hydrogens is 316 g/mol. The van der Waals surface area contributed by atoms with E-state index in [2.05, 4.69) is 16.3 Å². The first-order valence-corrected chi connectivity index (χ1v) is 8.38. The van der Waals surface area contributed by atoms with E-state index in [0.717, 1.165) is 24.9 Å².